The molecule has 0 spiro atoms. The van der Waals surface area contributed by atoms with Gasteiger partial charge >= 0.3 is 0 Å². The van der Waals surface area contributed by atoms with Crippen LogP contribution in [-0.4, -0.2) is 31.4 Å². The van der Waals surface area contributed by atoms with Crippen LogP contribution in [-0.2, 0) is 4.79 Å². The molecule has 1 atom stereocenters. The second kappa shape index (κ2) is 7.17. The summed E-state index contributed by atoms with van der Waals surface area (Å²) in [6.45, 7) is 9.13. The number of hydrogen-bond acceptors (Lipinski definition) is 2. The smallest absolute Gasteiger partial charge is 0.220 e. The zero-order chi connectivity index (χ0) is 15.4. The van der Waals surface area contributed by atoms with Crippen LogP contribution in [0.25, 0.3) is 0 Å². The highest BCUT2D eigenvalue weighted by molar-refractivity contribution is 6.18. The Balaban J connectivity index is 2.37. The van der Waals surface area contributed by atoms with E-state index in [1.165, 1.54) is 22.4 Å². The van der Waals surface area contributed by atoms with Gasteiger partial charge in [-0.25, -0.2) is 0 Å². The van der Waals surface area contributed by atoms with Gasteiger partial charge in [-0.05, 0) is 43.0 Å². The number of anilines is 1. The predicted molar refractivity (Wildman–Crippen MR) is 89.5 cm³/mol. The number of amides is 1. The van der Waals surface area contributed by atoms with Crippen molar-refractivity contribution in [2.24, 2.45) is 0 Å². The van der Waals surface area contributed by atoms with Gasteiger partial charge in [0.05, 0.1) is 0 Å². The SMILES string of the molecule is CCCN(CCCl)c1ccc(C)c(C2CNC(=O)C2)c1C. The lowest BCUT2D eigenvalue weighted by molar-refractivity contribution is -0.119. The van der Waals surface area contributed by atoms with Gasteiger partial charge in [0.15, 0.2) is 0 Å². The Kier molecular flexibility index (Phi) is 5.51. The van der Waals surface area contributed by atoms with E-state index in [-0.39, 0.29) is 5.91 Å². The van der Waals surface area contributed by atoms with Crippen LogP contribution in [0.3, 0.4) is 0 Å². The van der Waals surface area contributed by atoms with Crippen molar-refractivity contribution in [1.29, 1.82) is 0 Å². The molecule has 0 saturated carbocycles. The maximum Gasteiger partial charge on any atom is 0.220 e. The van der Waals surface area contributed by atoms with E-state index in [1.807, 2.05) is 0 Å². The van der Waals surface area contributed by atoms with Gasteiger partial charge in [0.25, 0.3) is 0 Å². The molecule has 1 saturated heterocycles. The summed E-state index contributed by atoms with van der Waals surface area (Å²) < 4.78 is 0. The lowest BCUT2D eigenvalue weighted by atomic mass is 9.89. The highest BCUT2D eigenvalue weighted by Gasteiger charge is 2.27. The molecule has 0 bridgehead atoms. The van der Waals surface area contributed by atoms with Gasteiger partial charge < -0.3 is 10.2 Å². The molecular formula is C17H25ClN2O. The number of nitrogens with zero attached hydrogens (tertiary/aromatic N) is 1. The fraction of sp³-hybridized carbons (Fsp3) is 0.588. The van der Waals surface area contributed by atoms with Crippen molar-refractivity contribution in [3.8, 4) is 0 Å². The molecule has 0 aliphatic carbocycles. The number of alkyl halides is 1. The van der Waals surface area contributed by atoms with E-state index >= 15 is 0 Å². The molecule has 1 aromatic carbocycles. The Bertz CT molecular complexity index is 510. The average Bonchev–Trinajstić information content (AvgIpc) is 2.85. The molecule has 1 amide bonds. The van der Waals surface area contributed by atoms with Gasteiger partial charge in [0.2, 0.25) is 5.91 Å². The summed E-state index contributed by atoms with van der Waals surface area (Å²) >= 11 is 5.96. The van der Waals surface area contributed by atoms with Crippen molar-refractivity contribution < 1.29 is 4.79 Å². The number of nitrogens with one attached hydrogen (secondary N) is 1. The van der Waals surface area contributed by atoms with Gasteiger partial charge in [-0.3, -0.25) is 4.79 Å². The molecule has 21 heavy (non-hydrogen) atoms. The van der Waals surface area contributed by atoms with Crippen LogP contribution in [0.2, 0.25) is 0 Å². The van der Waals surface area contributed by atoms with Crippen LogP contribution in [0.5, 0.6) is 0 Å². The summed E-state index contributed by atoms with van der Waals surface area (Å²) in [6, 6.07) is 4.37. The van der Waals surface area contributed by atoms with E-state index in [2.05, 4.69) is 43.1 Å². The maximum atomic E-state index is 11.5. The summed E-state index contributed by atoms with van der Waals surface area (Å²) in [6.07, 6.45) is 1.71. The molecule has 1 aromatic rings. The number of benzene rings is 1. The molecule has 2 rings (SSSR count). The minimum Gasteiger partial charge on any atom is -0.370 e. The third-order valence-corrected chi connectivity index (χ3v) is 4.45. The third kappa shape index (κ3) is 3.52. The Morgan fingerprint density at radius 1 is 1.33 bits per heavy atom. The average molecular weight is 309 g/mol. The van der Waals surface area contributed by atoms with Crippen molar-refractivity contribution in [2.75, 3.05) is 30.4 Å². The van der Waals surface area contributed by atoms with E-state index < -0.39 is 0 Å². The van der Waals surface area contributed by atoms with Crippen molar-refractivity contribution >= 4 is 23.2 Å². The molecule has 0 radical (unpaired) electrons. The standard InChI is InChI=1S/C17H25ClN2O/c1-4-8-20(9-7-18)15-6-5-12(2)17(13(15)3)14-10-16(21)19-11-14/h5-6,14H,4,7-11H2,1-3H3,(H,19,21). The van der Waals surface area contributed by atoms with Crippen molar-refractivity contribution in [3.63, 3.8) is 0 Å². The van der Waals surface area contributed by atoms with Crippen LogP contribution in [0.15, 0.2) is 12.1 Å². The second-order valence-corrected chi connectivity index (χ2v) is 6.20. The van der Waals surface area contributed by atoms with Crippen LogP contribution >= 0.6 is 11.6 Å². The number of carbonyl (C=O) groups is 1. The molecule has 3 nitrogen and oxygen atoms in total. The maximum absolute atomic E-state index is 11.5. The lowest BCUT2D eigenvalue weighted by Crippen LogP contribution is -2.27. The summed E-state index contributed by atoms with van der Waals surface area (Å²) in [5.41, 5.74) is 5.18. The zero-order valence-corrected chi connectivity index (χ0v) is 14.0. The highest BCUT2D eigenvalue weighted by Crippen LogP contribution is 2.34. The van der Waals surface area contributed by atoms with E-state index in [4.69, 9.17) is 11.6 Å². The number of rotatable bonds is 6. The Morgan fingerprint density at radius 2 is 2.10 bits per heavy atom. The molecule has 1 aliphatic heterocycles. The van der Waals surface area contributed by atoms with Gasteiger partial charge in [-0.2, -0.15) is 0 Å². The summed E-state index contributed by atoms with van der Waals surface area (Å²) in [4.78, 5) is 13.9. The van der Waals surface area contributed by atoms with E-state index in [9.17, 15) is 4.79 Å². The number of carbonyl (C=O) groups excluding carboxylic acids is 1. The summed E-state index contributed by atoms with van der Waals surface area (Å²) in [5, 5.41) is 2.95. The molecular weight excluding hydrogens is 284 g/mol. The Labute approximate surface area is 132 Å². The number of hydrogen-bond donors (Lipinski definition) is 1. The van der Waals surface area contributed by atoms with Crippen LogP contribution in [0.1, 0.15) is 42.4 Å². The molecule has 4 heteroatoms. The molecule has 1 heterocycles. The molecule has 0 aromatic heterocycles. The molecule has 1 fully saturated rings. The fourth-order valence-electron chi connectivity index (χ4n) is 3.36. The van der Waals surface area contributed by atoms with Crippen molar-refractivity contribution in [3.05, 3.63) is 28.8 Å². The van der Waals surface area contributed by atoms with Gasteiger partial charge in [-0.15, -0.1) is 11.6 Å². The monoisotopic (exact) mass is 308 g/mol. The van der Waals surface area contributed by atoms with Gasteiger partial charge in [-0.1, -0.05) is 13.0 Å². The lowest BCUT2D eigenvalue weighted by Gasteiger charge is -2.28. The van der Waals surface area contributed by atoms with Crippen LogP contribution < -0.4 is 10.2 Å². The van der Waals surface area contributed by atoms with Crippen LogP contribution in [0.4, 0.5) is 5.69 Å². The number of halogens is 1. The quantitative estimate of drug-likeness (QED) is 0.817. The zero-order valence-electron chi connectivity index (χ0n) is 13.2. The fourth-order valence-corrected chi connectivity index (χ4v) is 3.56. The summed E-state index contributed by atoms with van der Waals surface area (Å²) in [5.74, 6) is 1.10. The summed E-state index contributed by atoms with van der Waals surface area (Å²) in [7, 11) is 0. The predicted octanol–water partition coefficient (Wildman–Crippen LogP) is 3.36. The Morgan fingerprint density at radius 3 is 2.67 bits per heavy atom. The normalized spacial score (nSPS) is 17.9. The number of aryl methyl sites for hydroxylation is 1. The van der Waals surface area contributed by atoms with E-state index in [1.54, 1.807) is 0 Å². The first-order valence-corrected chi connectivity index (χ1v) is 8.29. The highest BCUT2D eigenvalue weighted by atomic mass is 35.5. The van der Waals surface area contributed by atoms with E-state index in [0.29, 0.717) is 18.2 Å². The van der Waals surface area contributed by atoms with Gasteiger partial charge in [0, 0.05) is 43.5 Å². The van der Waals surface area contributed by atoms with Gasteiger partial charge in [0.1, 0.15) is 0 Å². The van der Waals surface area contributed by atoms with E-state index in [0.717, 1.165) is 26.1 Å². The first kappa shape index (κ1) is 16.2. The van der Waals surface area contributed by atoms with Crippen molar-refractivity contribution in [1.82, 2.24) is 5.32 Å². The van der Waals surface area contributed by atoms with Crippen molar-refractivity contribution in [2.45, 2.75) is 39.5 Å². The topological polar surface area (TPSA) is 32.3 Å². The minimum atomic E-state index is 0.162. The molecule has 1 unspecified atom stereocenters. The first-order valence-electron chi connectivity index (χ1n) is 7.76. The van der Waals surface area contributed by atoms with Crippen LogP contribution in [0, 0.1) is 13.8 Å². The molecule has 116 valence electrons. The second-order valence-electron chi connectivity index (χ2n) is 5.82. The largest absolute Gasteiger partial charge is 0.370 e. The Hall–Kier alpha value is -1.22. The molecule has 1 aliphatic rings. The minimum absolute atomic E-state index is 0.162. The third-order valence-electron chi connectivity index (χ3n) is 4.28. The first-order chi connectivity index (χ1) is 10.1. The molecule has 1 N–H and O–H groups in total.